The van der Waals surface area contributed by atoms with E-state index in [2.05, 4.69) is 4.90 Å². The van der Waals surface area contributed by atoms with E-state index in [4.69, 9.17) is 9.47 Å². The van der Waals surface area contributed by atoms with Crippen LogP contribution in [0, 0.1) is 5.92 Å². The van der Waals surface area contributed by atoms with Crippen LogP contribution in [0.2, 0.25) is 0 Å². The maximum atomic E-state index is 11.8. The Morgan fingerprint density at radius 2 is 1.74 bits per heavy atom. The van der Waals surface area contributed by atoms with Gasteiger partial charge in [0.15, 0.2) is 0 Å². The molecule has 0 aromatic heterocycles. The lowest BCUT2D eigenvalue weighted by atomic mass is 9.83. The van der Waals surface area contributed by atoms with Crippen LogP contribution in [-0.4, -0.2) is 57.4 Å². The third-order valence-corrected chi connectivity index (χ3v) is 3.01. The third-order valence-electron chi connectivity index (χ3n) is 3.01. The minimum absolute atomic E-state index is 0.104. The molecule has 0 unspecified atom stereocenters. The van der Waals surface area contributed by atoms with Crippen molar-refractivity contribution in [2.45, 2.75) is 39.5 Å². The average molecular weight is 281 g/mol. The number of hydrogen-bond donors (Lipinski definition) is 0. The van der Waals surface area contributed by atoms with Crippen molar-refractivity contribution in [2.75, 3.05) is 46.6 Å². The second kappa shape index (κ2) is 10.5. The van der Waals surface area contributed by atoms with E-state index in [1.54, 1.807) is 7.11 Å². The van der Waals surface area contributed by atoms with E-state index in [0.29, 0.717) is 0 Å². The summed E-state index contributed by atoms with van der Waals surface area (Å²) in [4.78, 5) is 2.35. The molecule has 0 N–H and O–H groups in total. The molecule has 116 valence electrons. The zero-order valence-corrected chi connectivity index (χ0v) is 12.8. The van der Waals surface area contributed by atoms with E-state index in [-0.39, 0.29) is 18.8 Å². The molecule has 2 rings (SSSR count). The van der Waals surface area contributed by atoms with E-state index in [9.17, 15) is 8.78 Å². The van der Waals surface area contributed by atoms with Gasteiger partial charge in [0.2, 0.25) is 5.92 Å². The molecule has 1 aliphatic carbocycles. The second-order valence-corrected chi connectivity index (χ2v) is 4.82. The Hall–Kier alpha value is -0.260. The van der Waals surface area contributed by atoms with Crippen LogP contribution in [0.4, 0.5) is 8.78 Å². The summed E-state index contributed by atoms with van der Waals surface area (Å²) in [5, 5.41) is 0. The molecule has 2 aliphatic rings. The number of hydrogen-bond acceptors (Lipinski definition) is 3. The first-order valence-electron chi connectivity index (χ1n) is 7.20. The van der Waals surface area contributed by atoms with Crippen molar-refractivity contribution in [1.29, 1.82) is 0 Å². The normalized spacial score (nSPS) is 22.4. The minimum atomic E-state index is -2.31. The number of ether oxygens (including phenoxy) is 2. The lowest BCUT2D eigenvalue weighted by molar-refractivity contribution is -0.104. The average Bonchev–Trinajstić information content (AvgIpc) is 2.38. The SMILES string of the molecule is CC.CC1CC(F)(F)C1.COCCN1CCOCC1. The van der Waals surface area contributed by atoms with Crippen LogP contribution in [0.5, 0.6) is 0 Å². The Morgan fingerprint density at radius 3 is 2.05 bits per heavy atom. The van der Waals surface area contributed by atoms with Crippen LogP contribution in [0.1, 0.15) is 33.6 Å². The largest absolute Gasteiger partial charge is 0.383 e. The van der Waals surface area contributed by atoms with Gasteiger partial charge in [-0.15, -0.1) is 0 Å². The highest BCUT2D eigenvalue weighted by Gasteiger charge is 2.42. The molecule has 1 saturated carbocycles. The zero-order valence-electron chi connectivity index (χ0n) is 12.8. The van der Waals surface area contributed by atoms with Gasteiger partial charge in [-0.05, 0) is 5.92 Å². The van der Waals surface area contributed by atoms with Gasteiger partial charge in [-0.3, -0.25) is 4.90 Å². The predicted molar refractivity (Wildman–Crippen MR) is 73.8 cm³/mol. The van der Waals surface area contributed by atoms with Crippen molar-refractivity contribution >= 4 is 0 Å². The van der Waals surface area contributed by atoms with Gasteiger partial charge >= 0.3 is 0 Å². The van der Waals surface area contributed by atoms with Gasteiger partial charge in [-0.1, -0.05) is 20.8 Å². The zero-order chi connectivity index (χ0) is 14.7. The highest BCUT2D eigenvalue weighted by molar-refractivity contribution is 4.82. The van der Waals surface area contributed by atoms with Crippen molar-refractivity contribution in [1.82, 2.24) is 4.90 Å². The molecular weight excluding hydrogens is 252 g/mol. The Morgan fingerprint density at radius 1 is 1.21 bits per heavy atom. The topological polar surface area (TPSA) is 21.7 Å². The van der Waals surface area contributed by atoms with Crippen LogP contribution in [-0.2, 0) is 9.47 Å². The quantitative estimate of drug-likeness (QED) is 0.793. The van der Waals surface area contributed by atoms with Crippen molar-refractivity contribution in [3.05, 3.63) is 0 Å². The Bertz CT molecular complexity index is 202. The number of rotatable bonds is 3. The van der Waals surface area contributed by atoms with Crippen LogP contribution < -0.4 is 0 Å². The lowest BCUT2D eigenvalue weighted by Crippen LogP contribution is -2.38. The van der Waals surface area contributed by atoms with Crippen LogP contribution in [0.25, 0.3) is 0 Å². The monoisotopic (exact) mass is 281 g/mol. The van der Waals surface area contributed by atoms with Gasteiger partial charge in [0.1, 0.15) is 0 Å². The van der Waals surface area contributed by atoms with Crippen LogP contribution in [0.15, 0.2) is 0 Å². The number of alkyl halides is 2. The molecule has 0 aromatic rings. The summed E-state index contributed by atoms with van der Waals surface area (Å²) in [6.07, 6.45) is 0.208. The van der Waals surface area contributed by atoms with Crippen LogP contribution >= 0.6 is 0 Å². The van der Waals surface area contributed by atoms with Gasteiger partial charge in [-0.2, -0.15) is 0 Å². The second-order valence-electron chi connectivity index (χ2n) is 4.82. The highest BCUT2D eigenvalue weighted by atomic mass is 19.3. The van der Waals surface area contributed by atoms with Gasteiger partial charge < -0.3 is 9.47 Å². The third kappa shape index (κ3) is 9.30. The van der Waals surface area contributed by atoms with E-state index < -0.39 is 5.92 Å². The lowest BCUT2D eigenvalue weighted by Gasteiger charge is -2.31. The molecule has 1 aliphatic heterocycles. The molecule has 0 radical (unpaired) electrons. The smallest absolute Gasteiger partial charge is 0.248 e. The van der Waals surface area contributed by atoms with Crippen molar-refractivity contribution in [2.24, 2.45) is 5.92 Å². The number of morpholine rings is 1. The minimum Gasteiger partial charge on any atom is -0.383 e. The van der Waals surface area contributed by atoms with E-state index in [1.165, 1.54) is 0 Å². The molecular formula is C14H29F2NO2. The first-order chi connectivity index (χ1) is 9.03. The molecule has 5 heteroatoms. The fourth-order valence-electron chi connectivity index (χ4n) is 2.00. The summed E-state index contributed by atoms with van der Waals surface area (Å²) in [6, 6.07) is 0. The Kier molecular flexibility index (Phi) is 10.4. The molecule has 0 atom stereocenters. The van der Waals surface area contributed by atoms with Crippen molar-refractivity contribution in [3.8, 4) is 0 Å². The summed E-state index contributed by atoms with van der Waals surface area (Å²) in [5.41, 5.74) is 0. The molecule has 0 bridgehead atoms. The summed E-state index contributed by atoms with van der Waals surface area (Å²) < 4.78 is 33.7. The van der Waals surface area contributed by atoms with E-state index in [1.807, 2.05) is 20.8 Å². The van der Waals surface area contributed by atoms with Crippen molar-refractivity contribution in [3.63, 3.8) is 0 Å². The summed E-state index contributed by atoms with van der Waals surface area (Å²) in [7, 11) is 1.74. The molecule has 2 fully saturated rings. The molecule has 0 aromatic carbocycles. The number of methoxy groups -OCH3 is 1. The maximum absolute atomic E-state index is 11.8. The maximum Gasteiger partial charge on any atom is 0.248 e. The van der Waals surface area contributed by atoms with Gasteiger partial charge in [0, 0.05) is 39.6 Å². The van der Waals surface area contributed by atoms with Crippen molar-refractivity contribution < 1.29 is 18.3 Å². The first kappa shape index (κ1) is 18.7. The molecule has 1 heterocycles. The fourth-order valence-corrected chi connectivity index (χ4v) is 2.00. The number of nitrogens with zero attached hydrogens (tertiary/aromatic N) is 1. The molecule has 19 heavy (non-hydrogen) atoms. The molecule has 3 nitrogen and oxygen atoms in total. The summed E-state index contributed by atoms with van der Waals surface area (Å²) >= 11 is 0. The molecule has 1 saturated heterocycles. The molecule has 0 amide bonds. The number of halogens is 2. The van der Waals surface area contributed by atoms with Gasteiger partial charge in [0.05, 0.1) is 19.8 Å². The van der Waals surface area contributed by atoms with E-state index >= 15 is 0 Å². The fraction of sp³-hybridized carbons (Fsp3) is 1.00. The predicted octanol–water partition coefficient (Wildman–Crippen LogP) is 3.04. The van der Waals surface area contributed by atoms with E-state index in [0.717, 1.165) is 39.5 Å². The first-order valence-corrected chi connectivity index (χ1v) is 7.20. The van der Waals surface area contributed by atoms with Crippen LogP contribution in [0.3, 0.4) is 0 Å². The van der Waals surface area contributed by atoms with Gasteiger partial charge in [-0.25, -0.2) is 8.78 Å². The summed E-state index contributed by atoms with van der Waals surface area (Å²) in [5.74, 6) is -2.05. The standard InChI is InChI=1S/C7H15NO2.C5H8F2.C2H6/c1-9-5-2-8-3-6-10-7-4-8;1-4-2-5(6,7)3-4;1-2/h2-7H2,1H3;4H,2-3H2,1H3;1-2H3. The summed E-state index contributed by atoms with van der Waals surface area (Å²) in [6.45, 7) is 11.6. The highest BCUT2D eigenvalue weighted by Crippen LogP contribution is 2.41. The Balaban J connectivity index is 0.000000316. The Labute approximate surface area is 116 Å². The molecule has 0 spiro atoms. The van der Waals surface area contributed by atoms with Gasteiger partial charge in [0.25, 0.3) is 0 Å².